The zero-order valence-corrected chi connectivity index (χ0v) is 18.1. The van der Waals surface area contributed by atoms with Crippen molar-refractivity contribution in [2.75, 3.05) is 42.6 Å². The first-order valence-corrected chi connectivity index (χ1v) is 11.3. The highest BCUT2D eigenvalue weighted by atomic mass is 32.1. The van der Waals surface area contributed by atoms with Crippen molar-refractivity contribution in [1.29, 1.82) is 0 Å². The van der Waals surface area contributed by atoms with Gasteiger partial charge in [0.05, 0.1) is 13.2 Å². The Hall–Kier alpha value is -3.08. The van der Waals surface area contributed by atoms with Crippen LogP contribution in [0.5, 0.6) is 0 Å². The third kappa shape index (κ3) is 3.62. The van der Waals surface area contributed by atoms with Crippen LogP contribution in [0, 0.1) is 11.8 Å². The molecule has 0 spiro atoms. The molecule has 2 aliphatic rings. The van der Waals surface area contributed by atoms with E-state index >= 15 is 0 Å². The van der Waals surface area contributed by atoms with Gasteiger partial charge in [0.25, 0.3) is 0 Å². The second kappa shape index (κ2) is 8.22. The molecule has 0 N–H and O–H groups in total. The van der Waals surface area contributed by atoms with Gasteiger partial charge in [0, 0.05) is 42.3 Å². The molecule has 1 aromatic carbocycles. The van der Waals surface area contributed by atoms with Crippen LogP contribution in [0.25, 0.3) is 21.4 Å². The number of carbonyl (C=O) groups is 1. The number of morpholine rings is 1. The first kappa shape index (κ1) is 19.9. The fourth-order valence-corrected chi connectivity index (χ4v) is 5.11. The molecule has 1 amide bonds. The third-order valence-corrected chi connectivity index (χ3v) is 6.72. The summed E-state index contributed by atoms with van der Waals surface area (Å²) in [5, 5.41) is 1.96. The molecule has 31 heavy (non-hydrogen) atoms. The van der Waals surface area contributed by atoms with E-state index in [2.05, 4.69) is 17.9 Å². The van der Waals surface area contributed by atoms with Crippen molar-refractivity contribution in [2.24, 2.45) is 0 Å². The van der Waals surface area contributed by atoms with Gasteiger partial charge in [0.2, 0.25) is 5.43 Å². The summed E-state index contributed by atoms with van der Waals surface area (Å²) in [7, 11) is 0. The molecule has 5 rings (SSSR count). The summed E-state index contributed by atoms with van der Waals surface area (Å²) in [6.45, 7) is 4.96. The van der Waals surface area contributed by atoms with Crippen LogP contribution in [0.1, 0.15) is 18.9 Å². The van der Waals surface area contributed by atoms with E-state index in [1.54, 1.807) is 17.9 Å². The van der Waals surface area contributed by atoms with Gasteiger partial charge in [0.15, 0.2) is 11.5 Å². The summed E-state index contributed by atoms with van der Waals surface area (Å²) < 4.78 is 12.3. The van der Waals surface area contributed by atoms with Crippen molar-refractivity contribution in [2.45, 2.75) is 19.8 Å². The Labute approximate surface area is 184 Å². The summed E-state index contributed by atoms with van der Waals surface area (Å²) >= 11 is 1.39. The van der Waals surface area contributed by atoms with Crippen LogP contribution in [-0.4, -0.2) is 38.8 Å². The van der Waals surface area contributed by atoms with E-state index in [9.17, 15) is 9.59 Å². The molecule has 2 aliphatic heterocycles. The Kier molecular flexibility index (Phi) is 5.26. The van der Waals surface area contributed by atoms with E-state index in [1.807, 2.05) is 22.4 Å². The van der Waals surface area contributed by atoms with E-state index in [4.69, 9.17) is 9.15 Å². The Bertz CT molecular complexity index is 1270. The summed E-state index contributed by atoms with van der Waals surface area (Å²) in [5.74, 6) is 5.75. The number of thiophene rings is 1. The van der Waals surface area contributed by atoms with Gasteiger partial charge < -0.3 is 19.0 Å². The summed E-state index contributed by atoms with van der Waals surface area (Å²) in [5.41, 5.74) is 4.39. The molecule has 0 bridgehead atoms. The molecule has 0 saturated carbocycles. The van der Waals surface area contributed by atoms with Crippen LogP contribution in [0.15, 0.2) is 38.9 Å². The van der Waals surface area contributed by atoms with Crippen LogP contribution in [-0.2, 0) is 16.0 Å². The van der Waals surface area contributed by atoms with E-state index < -0.39 is 0 Å². The number of carbonyl (C=O) groups excluding carboxylic acids is 1. The molecule has 7 heteroatoms. The van der Waals surface area contributed by atoms with Gasteiger partial charge in [0.1, 0.15) is 4.70 Å². The lowest BCUT2D eigenvalue weighted by atomic mass is 9.97. The number of hydrogen-bond donors (Lipinski definition) is 0. The molecule has 3 aromatic rings. The maximum absolute atomic E-state index is 12.8. The molecule has 0 atom stereocenters. The van der Waals surface area contributed by atoms with Crippen LogP contribution in [0.3, 0.4) is 0 Å². The first-order chi connectivity index (χ1) is 15.2. The minimum Gasteiger partial charge on any atom is -0.439 e. The number of aryl methyl sites for hydroxylation is 1. The summed E-state index contributed by atoms with van der Waals surface area (Å²) in [6, 6.07) is 7.70. The molecule has 1 fully saturated rings. The quantitative estimate of drug-likeness (QED) is 0.576. The molecular weight excluding hydrogens is 412 g/mol. The molecule has 6 nitrogen and oxygen atoms in total. The van der Waals surface area contributed by atoms with Gasteiger partial charge >= 0.3 is 5.91 Å². The monoisotopic (exact) mass is 434 g/mol. The number of hydrogen-bond acceptors (Lipinski definition) is 6. The fraction of sp³-hybridized carbons (Fsp3) is 0.333. The predicted octanol–water partition coefficient (Wildman–Crippen LogP) is 3.66. The zero-order valence-electron chi connectivity index (χ0n) is 17.3. The minimum absolute atomic E-state index is 0.0352. The van der Waals surface area contributed by atoms with Crippen molar-refractivity contribution in [3.8, 4) is 23.0 Å². The Morgan fingerprint density at radius 3 is 2.81 bits per heavy atom. The Morgan fingerprint density at radius 2 is 2.00 bits per heavy atom. The Morgan fingerprint density at radius 1 is 1.16 bits per heavy atom. The highest BCUT2D eigenvalue weighted by Gasteiger charge is 2.23. The average Bonchev–Trinajstić information content (AvgIpc) is 3.24. The lowest BCUT2D eigenvalue weighted by Gasteiger charge is -2.28. The number of nitrogens with zero attached hydrogens (tertiary/aromatic N) is 2. The fourth-order valence-electron chi connectivity index (χ4n) is 4.20. The normalized spacial score (nSPS) is 16.0. The van der Waals surface area contributed by atoms with Crippen molar-refractivity contribution >= 4 is 39.1 Å². The zero-order chi connectivity index (χ0) is 21.4. The molecule has 0 radical (unpaired) electrons. The van der Waals surface area contributed by atoms with Gasteiger partial charge in [-0.15, -0.1) is 11.3 Å². The largest absolute Gasteiger partial charge is 0.439 e. The van der Waals surface area contributed by atoms with Gasteiger partial charge in [-0.1, -0.05) is 18.1 Å². The van der Waals surface area contributed by atoms with Crippen molar-refractivity contribution in [3.05, 3.63) is 45.4 Å². The summed E-state index contributed by atoms with van der Waals surface area (Å²) in [6.07, 6.45) is 1.85. The number of anilines is 2. The second-order valence-corrected chi connectivity index (χ2v) is 8.51. The SMILES string of the molecule is CC#CC(=O)N1CCCc2ccc(-c3csc4c(=O)cc(N5CCOCC5)oc34)cc21. The van der Waals surface area contributed by atoms with Gasteiger partial charge in [-0.2, -0.15) is 0 Å². The van der Waals surface area contributed by atoms with Crippen molar-refractivity contribution in [1.82, 2.24) is 0 Å². The first-order valence-electron chi connectivity index (χ1n) is 10.4. The van der Waals surface area contributed by atoms with Gasteiger partial charge in [-0.05, 0) is 42.9 Å². The highest BCUT2D eigenvalue weighted by molar-refractivity contribution is 7.17. The predicted molar refractivity (Wildman–Crippen MR) is 123 cm³/mol. The third-order valence-electron chi connectivity index (χ3n) is 5.75. The smallest absolute Gasteiger partial charge is 0.302 e. The van der Waals surface area contributed by atoms with E-state index in [0.717, 1.165) is 35.2 Å². The average molecular weight is 435 g/mol. The number of rotatable bonds is 2. The molecule has 0 unspecified atom stereocenters. The summed E-state index contributed by atoms with van der Waals surface area (Å²) in [4.78, 5) is 29.1. The van der Waals surface area contributed by atoms with Crippen molar-refractivity contribution < 1.29 is 13.9 Å². The molecule has 158 valence electrons. The van der Waals surface area contributed by atoms with Crippen LogP contribution < -0.4 is 15.2 Å². The second-order valence-electron chi connectivity index (χ2n) is 7.63. The highest BCUT2D eigenvalue weighted by Crippen LogP contribution is 2.38. The lowest BCUT2D eigenvalue weighted by molar-refractivity contribution is -0.113. The molecule has 2 aromatic heterocycles. The van der Waals surface area contributed by atoms with Crippen LogP contribution >= 0.6 is 11.3 Å². The maximum Gasteiger partial charge on any atom is 0.302 e. The standard InChI is InChI=1S/C24H22N2O4S/c1-2-4-21(28)26-8-3-5-16-6-7-17(13-19(16)26)18-15-31-24-20(27)14-22(30-23(18)24)25-9-11-29-12-10-25/h6-7,13-15H,3,5,8-12H2,1H3. The van der Waals surface area contributed by atoms with Crippen LogP contribution in [0.2, 0.25) is 0 Å². The van der Waals surface area contributed by atoms with E-state index in [1.165, 1.54) is 11.3 Å². The van der Waals surface area contributed by atoms with Crippen LogP contribution in [0.4, 0.5) is 11.6 Å². The number of amides is 1. The number of ether oxygens (including phenoxy) is 1. The van der Waals surface area contributed by atoms with Gasteiger partial charge in [-0.25, -0.2) is 0 Å². The molecule has 0 aliphatic carbocycles. The van der Waals surface area contributed by atoms with Crippen molar-refractivity contribution in [3.63, 3.8) is 0 Å². The molecule has 1 saturated heterocycles. The maximum atomic E-state index is 12.8. The molecular formula is C24H22N2O4S. The lowest BCUT2D eigenvalue weighted by Crippen LogP contribution is -2.36. The van der Waals surface area contributed by atoms with E-state index in [0.29, 0.717) is 49.0 Å². The van der Waals surface area contributed by atoms with Gasteiger partial charge in [-0.3, -0.25) is 9.59 Å². The van der Waals surface area contributed by atoms with E-state index in [-0.39, 0.29) is 11.3 Å². The number of fused-ring (bicyclic) bond motifs is 2. The number of benzene rings is 1. The minimum atomic E-state index is -0.183. The topological polar surface area (TPSA) is 63.0 Å². The Balaban J connectivity index is 1.60. The molecule has 4 heterocycles.